The molecule has 7 nitrogen and oxygen atoms in total. The smallest absolute Gasteiger partial charge is 0.337 e. The first kappa shape index (κ1) is 19.8. The van der Waals surface area contributed by atoms with Crippen LogP contribution in [-0.4, -0.2) is 41.6 Å². The molecule has 0 saturated heterocycles. The number of carbonyl (C=O) groups is 2. The van der Waals surface area contributed by atoms with E-state index in [1.54, 1.807) is 30.6 Å². The van der Waals surface area contributed by atoms with Gasteiger partial charge in [-0.15, -0.1) is 0 Å². The predicted octanol–water partition coefficient (Wildman–Crippen LogP) is 3.32. The van der Waals surface area contributed by atoms with E-state index in [2.05, 4.69) is 20.0 Å². The molecule has 1 atom stereocenters. The van der Waals surface area contributed by atoms with E-state index in [9.17, 15) is 9.59 Å². The first-order valence-corrected chi connectivity index (χ1v) is 9.64. The molecule has 152 valence electrons. The van der Waals surface area contributed by atoms with Crippen LogP contribution in [0.4, 0.5) is 0 Å². The number of fused-ring (bicyclic) bond motifs is 1. The van der Waals surface area contributed by atoms with Crippen LogP contribution < -0.4 is 10.1 Å². The van der Waals surface area contributed by atoms with E-state index in [-0.39, 0.29) is 12.0 Å². The first-order valence-electron chi connectivity index (χ1n) is 9.26. The van der Waals surface area contributed by atoms with E-state index in [1.807, 2.05) is 12.1 Å². The SMILES string of the molecule is COC(=O)c1cccc(C(=O)NCC2Cc3cc(-c4cncnc4)cc(Cl)c3O2)c1. The van der Waals surface area contributed by atoms with Crippen LogP contribution >= 0.6 is 11.6 Å². The lowest BCUT2D eigenvalue weighted by molar-refractivity contribution is 0.0600. The van der Waals surface area contributed by atoms with E-state index in [0.717, 1.165) is 16.7 Å². The number of ether oxygens (including phenoxy) is 2. The number of hydrogen-bond donors (Lipinski definition) is 1. The number of esters is 1. The Labute approximate surface area is 178 Å². The van der Waals surface area contributed by atoms with Gasteiger partial charge in [-0.05, 0) is 35.9 Å². The fourth-order valence-corrected chi connectivity index (χ4v) is 3.61. The zero-order chi connectivity index (χ0) is 21.1. The van der Waals surface area contributed by atoms with Crippen molar-refractivity contribution in [1.82, 2.24) is 15.3 Å². The molecular weight excluding hydrogens is 406 g/mol. The van der Waals surface area contributed by atoms with Crippen molar-refractivity contribution in [2.75, 3.05) is 13.7 Å². The van der Waals surface area contributed by atoms with Gasteiger partial charge in [-0.1, -0.05) is 17.7 Å². The largest absolute Gasteiger partial charge is 0.486 e. The summed E-state index contributed by atoms with van der Waals surface area (Å²) in [7, 11) is 1.30. The van der Waals surface area contributed by atoms with Crippen molar-refractivity contribution >= 4 is 23.5 Å². The molecule has 1 amide bonds. The lowest BCUT2D eigenvalue weighted by atomic mass is 10.0. The van der Waals surface area contributed by atoms with Crippen molar-refractivity contribution < 1.29 is 19.1 Å². The Balaban J connectivity index is 1.42. The molecule has 1 aromatic heterocycles. The molecule has 1 unspecified atom stereocenters. The zero-order valence-corrected chi connectivity index (χ0v) is 16.8. The minimum Gasteiger partial charge on any atom is -0.486 e. The van der Waals surface area contributed by atoms with E-state index < -0.39 is 5.97 Å². The van der Waals surface area contributed by atoms with Crippen LogP contribution in [0.15, 0.2) is 55.1 Å². The number of hydrogen-bond acceptors (Lipinski definition) is 6. The lowest BCUT2D eigenvalue weighted by Gasteiger charge is -2.12. The van der Waals surface area contributed by atoms with Crippen LogP contribution in [0.2, 0.25) is 5.02 Å². The summed E-state index contributed by atoms with van der Waals surface area (Å²) in [6.45, 7) is 0.302. The summed E-state index contributed by atoms with van der Waals surface area (Å²) < 4.78 is 10.6. The minimum atomic E-state index is -0.492. The van der Waals surface area contributed by atoms with E-state index in [0.29, 0.717) is 34.9 Å². The van der Waals surface area contributed by atoms with E-state index >= 15 is 0 Å². The van der Waals surface area contributed by atoms with Gasteiger partial charge in [-0.3, -0.25) is 4.79 Å². The highest BCUT2D eigenvalue weighted by Gasteiger charge is 2.26. The van der Waals surface area contributed by atoms with Gasteiger partial charge in [-0.2, -0.15) is 0 Å². The number of benzene rings is 2. The molecule has 30 heavy (non-hydrogen) atoms. The Morgan fingerprint density at radius 2 is 1.93 bits per heavy atom. The number of carbonyl (C=O) groups excluding carboxylic acids is 2. The van der Waals surface area contributed by atoms with Gasteiger partial charge in [0.25, 0.3) is 5.91 Å². The fraction of sp³-hybridized carbons (Fsp3) is 0.182. The Morgan fingerprint density at radius 1 is 1.17 bits per heavy atom. The average Bonchev–Trinajstić information content (AvgIpc) is 3.21. The second-order valence-electron chi connectivity index (χ2n) is 6.80. The monoisotopic (exact) mass is 423 g/mol. The molecule has 0 bridgehead atoms. The Bertz CT molecular complexity index is 1100. The van der Waals surface area contributed by atoms with Crippen molar-refractivity contribution in [1.29, 1.82) is 0 Å². The second-order valence-corrected chi connectivity index (χ2v) is 7.21. The van der Waals surface area contributed by atoms with Gasteiger partial charge in [0.1, 0.15) is 18.2 Å². The summed E-state index contributed by atoms with van der Waals surface area (Å²) in [5, 5.41) is 3.35. The Morgan fingerprint density at radius 3 is 2.70 bits per heavy atom. The maximum absolute atomic E-state index is 12.5. The third-order valence-corrected chi connectivity index (χ3v) is 5.06. The average molecular weight is 424 g/mol. The standard InChI is InChI=1S/C22H18ClN3O4/c1-29-22(28)14-4-2-3-13(5-14)21(27)26-11-18-7-16-6-15(8-19(23)20(16)30-18)17-9-24-12-25-10-17/h2-6,8-10,12,18H,7,11H2,1H3,(H,26,27). The summed E-state index contributed by atoms with van der Waals surface area (Å²) in [5.41, 5.74) is 3.43. The molecule has 0 fully saturated rings. The molecule has 0 radical (unpaired) electrons. The summed E-state index contributed by atoms with van der Waals surface area (Å²) in [4.78, 5) is 32.2. The third kappa shape index (κ3) is 4.11. The van der Waals surface area contributed by atoms with E-state index in [4.69, 9.17) is 16.3 Å². The van der Waals surface area contributed by atoms with Crippen LogP contribution in [0, 0.1) is 0 Å². The third-order valence-electron chi connectivity index (χ3n) is 4.78. The number of aromatic nitrogens is 2. The molecule has 8 heteroatoms. The van der Waals surface area contributed by atoms with Gasteiger partial charge < -0.3 is 14.8 Å². The fourth-order valence-electron chi connectivity index (χ4n) is 3.33. The van der Waals surface area contributed by atoms with E-state index in [1.165, 1.54) is 19.5 Å². The number of methoxy groups -OCH3 is 1. The molecule has 2 heterocycles. The predicted molar refractivity (Wildman–Crippen MR) is 111 cm³/mol. The number of nitrogens with zero attached hydrogens (tertiary/aromatic N) is 2. The molecule has 1 aliphatic rings. The zero-order valence-electron chi connectivity index (χ0n) is 16.1. The van der Waals surface area contributed by atoms with Gasteiger partial charge in [0.15, 0.2) is 0 Å². The molecule has 2 aromatic carbocycles. The lowest BCUT2D eigenvalue weighted by Crippen LogP contribution is -2.34. The van der Waals surface area contributed by atoms with Gasteiger partial charge in [-0.25, -0.2) is 14.8 Å². The van der Waals surface area contributed by atoms with Crippen molar-refractivity contribution in [3.05, 3.63) is 76.8 Å². The Hall–Kier alpha value is -3.45. The molecule has 1 N–H and O–H groups in total. The topological polar surface area (TPSA) is 90.4 Å². The molecule has 1 aliphatic heterocycles. The van der Waals surface area contributed by atoms with Crippen molar-refractivity contribution in [3.8, 4) is 16.9 Å². The quantitative estimate of drug-likeness (QED) is 0.633. The van der Waals surface area contributed by atoms with Crippen molar-refractivity contribution in [3.63, 3.8) is 0 Å². The van der Waals surface area contributed by atoms with Gasteiger partial charge in [0.2, 0.25) is 0 Å². The van der Waals surface area contributed by atoms with Gasteiger partial charge >= 0.3 is 5.97 Å². The normalized spacial score (nSPS) is 14.5. The maximum Gasteiger partial charge on any atom is 0.337 e. The first-order chi connectivity index (χ1) is 14.5. The number of rotatable bonds is 5. The molecule has 0 spiro atoms. The van der Waals surface area contributed by atoms with Gasteiger partial charge in [0, 0.05) is 35.5 Å². The number of amides is 1. The summed E-state index contributed by atoms with van der Waals surface area (Å²) in [5.74, 6) is -0.161. The highest BCUT2D eigenvalue weighted by atomic mass is 35.5. The summed E-state index contributed by atoms with van der Waals surface area (Å²) >= 11 is 6.41. The summed E-state index contributed by atoms with van der Waals surface area (Å²) in [6.07, 6.45) is 5.29. The second kappa shape index (κ2) is 8.51. The molecule has 4 rings (SSSR count). The van der Waals surface area contributed by atoms with Crippen LogP contribution in [0.1, 0.15) is 26.3 Å². The van der Waals surface area contributed by atoms with Crippen molar-refractivity contribution in [2.45, 2.75) is 12.5 Å². The molecular formula is C22H18ClN3O4. The summed E-state index contributed by atoms with van der Waals surface area (Å²) in [6, 6.07) is 10.2. The maximum atomic E-state index is 12.5. The number of nitrogens with one attached hydrogen (secondary N) is 1. The van der Waals surface area contributed by atoms with Crippen LogP contribution in [-0.2, 0) is 11.2 Å². The van der Waals surface area contributed by atoms with Crippen LogP contribution in [0.5, 0.6) is 5.75 Å². The van der Waals surface area contributed by atoms with Crippen LogP contribution in [0.3, 0.4) is 0 Å². The molecule has 0 aliphatic carbocycles. The highest BCUT2D eigenvalue weighted by Crippen LogP contribution is 2.39. The van der Waals surface area contributed by atoms with Crippen LogP contribution in [0.25, 0.3) is 11.1 Å². The number of halogens is 1. The van der Waals surface area contributed by atoms with Crippen molar-refractivity contribution in [2.24, 2.45) is 0 Å². The Kier molecular flexibility index (Phi) is 5.63. The van der Waals surface area contributed by atoms with Gasteiger partial charge in [0.05, 0.1) is 24.2 Å². The molecule has 3 aromatic rings. The molecule has 0 saturated carbocycles. The highest BCUT2D eigenvalue weighted by molar-refractivity contribution is 6.32. The minimum absolute atomic E-state index is 0.243.